The topological polar surface area (TPSA) is 133 Å². The molecule has 1 aliphatic carbocycles. The SMILES string of the molecule is CN1CC(F)(F)C[C@H]1c1nc(-c2ccc(C#Cc3ccccn3)cn2)no1.FC1(F)CC[C@H](c2nc(-c3ccc(C#Cc4ccccn4)cn3)no2)C1. The van der Waals surface area contributed by atoms with Crippen molar-refractivity contribution in [3.05, 3.63) is 120 Å². The van der Waals surface area contributed by atoms with Crippen LogP contribution in [0.5, 0.6) is 0 Å². The summed E-state index contributed by atoms with van der Waals surface area (Å²) in [6.07, 6.45) is 6.19. The maximum absolute atomic E-state index is 13.5. The van der Waals surface area contributed by atoms with Gasteiger partial charge in [0.15, 0.2) is 0 Å². The average molecular weight is 720 g/mol. The second-order valence-electron chi connectivity index (χ2n) is 12.5. The highest BCUT2D eigenvalue weighted by atomic mass is 19.3. The monoisotopic (exact) mass is 719 g/mol. The van der Waals surface area contributed by atoms with Crippen molar-refractivity contribution in [2.24, 2.45) is 0 Å². The third-order valence-electron chi connectivity index (χ3n) is 8.41. The number of halogens is 4. The second-order valence-corrected chi connectivity index (χ2v) is 12.5. The van der Waals surface area contributed by atoms with E-state index in [9.17, 15) is 17.6 Å². The van der Waals surface area contributed by atoms with Gasteiger partial charge in [-0.05, 0) is 73.8 Å². The van der Waals surface area contributed by atoms with Crippen molar-refractivity contribution in [2.45, 2.75) is 49.5 Å². The van der Waals surface area contributed by atoms with Gasteiger partial charge in [0.2, 0.25) is 29.4 Å². The van der Waals surface area contributed by atoms with Crippen LogP contribution >= 0.6 is 0 Å². The van der Waals surface area contributed by atoms with Crippen LogP contribution in [0.15, 0.2) is 94.5 Å². The molecule has 2 atom stereocenters. The van der Waals surface area contributed by atoms with E-state index in [-0.39, 0.29) is 43.4 Å². The molecular weight excluding hydrogens is 690 g/mol. The van der Waals surface area contributed by atoms with Crippen molar-refractivity contribution in [1.29, 1.82) is 0 Å². The molecule has 11 nitrogen and oxygen atoms in total. The van der Waals surface area contributed by atoms with Gasteiger partial charge in [-0.1, -0.05) is 34.3 Å². The van der Waals surface area contributed by atoms with Crippen LogP contribution < -0.4 is 0 Å². The molecule has 53 heavy (non-hydrogen) atoms. The number of likely N-dealkylation sites (tertiary alicyclic amines) is 1. The minimum absolute atomic E-state index is 0.142. The standard InChI is InChI=1S/C19H15F2N5O.C19H14F2N4O/c1-26-12-19(20,21)10-16(26)18-24-17(25-27-18)15-8-6-13(11-23-15)5-7-14-4-2-3-9-22-14;20-19(21)9-8-14(11-19)18-24-17(25-26-18)16-7-5-13(12-23-16)4-6-15-3-1-2-10-22-15/h2-4,6,8-9,11,16H,10,12H2,1H3;1-3,5,7,10,12,14H,8-9,11H2/t16-;14-/m00/s1. The van der Waals surface area contributed by atoms with E-state index in [0.717, 1.165) is 5.56 Å². The van der Waals surface area contributed by atoms with Gasteiger partial charge in [-0.15, -0.1) is 0 Å². The van der Waals surface area contributed by atoms with Crippen LogP contribution in [0.25, 0.3) is 23.0 Å². The van der Waals surface area contributed by atoms with Crippen LogP contribution in [0.4, 0.5) is 17.6 Å². The molecule has 0 radical (unpaired) electrons. The number of hydrogen-bond donors (Lipinski definition) is 0. The van der Waals surface area contributed by atoms with E-state index in [0.29, 0.717) is 40.6 Å². The molecule has 266 valence electrons. The van der Waals surface area contributed by atoms with Crippen molar-refractivity contribution in [1.82, 2.24) is 45.1 Å². The van der Waals surface area contributed by atoms with Crippen molar-refractivity contribution in [3.8, 4) is 46.7 Å². The molecule has 0 amide bonds. The zero-order valence-corrected chi connectivity index (χ0v) is 28.1. The molecule has 6 aromatic heterocycles. The van der Waals surface area contributed by atoms with Crippen LogP contribution in [0.3, 0.4) is 0 Å². The summed E-state index contributed by atoms with van der Waals surface area (Å²) in [6.45, 7) is -0.322. The highest BCUT2D eigenvalue weighted by Crippen LogP contribution is 2.44. The molecule has 0 aromatic carbocycles. The highest BCUT2D eigenvalue weighted by molar-refractivity contribution is 5.51. The van der Waals surface area contributed by atoms with Gasteiger partial charge in [0.1, 0.15) is 22.8 Å². The van der Waals surface area contributed by atoms with E-state index in [1.807, 2.05) is 36.4 Å². The lowest BCUT2D eigenvalue weighted by molar-refractivity contribution is 0.00683. The van der Waals surface area contributed by atoms with Crippen molar-refractivity contribution in [2.75, 3.05) is 13.6 Å². The Labute approximate surface area is 300 Å². The van der Waals surface area contributed by atoms with Gasteiger partial charge < -0.3 is 9.05 Å². The smallest absolute Gasteiger partial charge is 0.262 e. The van der Waals surface area contributed by atoms with Gasteiger partial charge in [0.25, 0.3) is 5.92 Å². The third kappa shape index (κ3) is 8.95. The van der Waals surface area contributed by atoms with E-state index in [1.165, 1.54) is 4.90 Å². The van der Waals surface area contributed by atoms with Crippen LogP contribution in [-0.2, 0) is 0 Å². The first-order valence-corrected chi connectivity index (χ1v) is 16.5. The Balaban J connectivity index is 0.000000164. The van der Waals surface area contributed by atoms with E-state index in [1.54, 1.807) is 56.1 Å². The number of alkyl halides is 4. The zero-order valence-electron chi connectivity index (χ0n) is 28.1. The summed E-state index contributed by atoms with van der Waals surface area (Å²) < 4.78 is 64.1. The fourth-order valence-electron chi connectivity index (χ4n) is 5.74. The lowest BCUT2D eigenvalue weighted by Gasteiger charge is -2.13. The van der Waals surface area contributed by atoms with Crippen molar-refractivity contribution < 1.29 is 26.6 Å². The summed E-state index contributed by atoms with van der Waals surface area (Å²) in [7, 11) is 1.61. The average Bonchev–Trinajstić information content (AvgIpc) is 3.98. The molecular formula is C38H29F4N9O2. The lowest BCUT2D eigenvalue weighted by atomic mass is 10.1. The Bertz CT molecular complexity index is 2280. The van der Waals surface area contributed by atoms with Crippen molar-refractivity contribution in [3.63, 3.8) is 0 Å². The van der Waals surface area contributed by atoms with Gasteiger partial charge in [-0.3, -0.25) is 14.9 Å². The van der Waals surface area contributed by atoms with Gasteiger partial charge in [-0.2, -0.15) is 9.97 Å². The van der Waals surface area contributed by atoms with E-state index in [4.69, 9.17) is 9.05 Å². The quantitative estimate of drug-likeness (QED) is 0.141. The first kappa shape index (κ1) is 35.1. The van der Waals surface area contributed by atoms with Crippen LogP contribution in [-0.4, -0.2) is 70.6 Å². The first-order chi connectivity index (χ1) is 25.6. The lowest BCUT2D eigenvalue weighted by Crippen LogP contribution is -2.22. The summed E-state index contributed by atoms with van der Waals surface area (Å²) in [5, 5.41) is 7.73. The molecule has 2 aliphatic rings. The molecule has 15 heteroatoms. The van der Waals surface area contributed by atoms with Gasteiger partial charge in [0, 0.05) is 61.1 Å². The number of rotatable bonds is 4. The molecule has 1 aliphatic heterocycles. The number of aromatic nitrogens is 8. The highest BCUT2D eigenvalue weighted by Gasteiger charge is 2.46. The zero-order chi connectivity index (χ0) is 36.8. The Morgan fingerprint density at radius 2 is 1.23 bits per heavy atom. The normalized spacial score (nSPS) is 18.6. The molecule has 2 fully saturated rings. The molecule has 0 N–H and O–H groups in total. The first-order valence-electron chi connectivity index (χ1n) is 16.5. The minimum atomic E-state index is -2.75. The van der Waals surface area contributed by atoms with Gasteiger partial charge >= 0.3 is 0 Å². The number of pyridine rings is 4. The summed E-state index contributed by atoms with van der Waals surface area (Å²) >= 11 is 0. The number of nitrogens with zero attached hydrogens (tertiary/aromatic N) is 9. The van der Waals surface area contributed by atoms with E-state index in [2.05, 4.69) is 63.9 Å². The molecule has 1 saturated carbocycles. The molecule has 0 bridgehead atoms. The fourth-order valence-corrected chi connectivity index (χ4v) is 5.74. The predicted octanol–water partition coefficient (Wildman–Crippen LogP) is 6.77. The maximum Gasteiger partial charge on any atom is 0.262 e. The summed E-state index contributed by atoms with van der Waals surface area (Å²) in [6, 6.07) is 17.4. The summed E-state index contributed by atoms with van der Waals surface area (Å²) in [5.41, 5.74) is 3.77. The minimum Gasteiger partial charge on any atom is -0.339 e. The third-order valence-corrected chi connectivity index (χ3v) is 8.41. The van der Waals surface area contributed by atoms with Gasteiger partial charge in [-0.25, -0.2) is 27.5 Å². The fraction of sp³-hybridized carbons (Fsp3) is 0.263. The molecule has 6 aromatic rings. The maximum atomic E-state index is 13.5. The number of hydrogen-bond acceptors (Lipinski definition) is 11. The Morgan fingerprint density at radius 3 is 1.68 bits per heavy atom. The molecule has 0 spiro atoms. The predicted molar refractivity (Wildman–Crippen MR) is 182 cm³/mol. The Morgan fingerprint density at radius 1 is 0.660 bits per heavy atom. The van der Waals surface area contributed by atoms with Crippen molar-refractivity contribution >= 4 is 0 Å². The Kier molecular flexibility index (Phi) is 10.0. The summed E-state index contributed by atoms with van der Waals surface area (Å²) in [5.74, 6) is 7.03. The molecule has 0 unspecified atom stereocenters. The molecule has 8 rings (SSSR count). The summed E-state index contributed by atoms with van der Waals surface area (Å²) in [4.78, 5) is 26.8. The second kappa shape index (κ2) is 15.1. The van der Waals surface area contributed by atoms with Crippen LogP contribution in [0.1, 0.15) is 71.9 Å². The van der Waals surface area contributed by atoms with Gasteiger partial charge in [0.05, 0.1) is 12.6 Å². The Hall–Kier alpha value is -6.32. The largest absolute Gasteiger partial charge is 0.339 e. The molecule has 7 heterocycles. The van der Waals surface area contributed by atoms with Crippen LogP contribution in [0.2, 0.25) is 0 Å². The van der Waals surface area contributed by atoms with E-state index >= 15 is 0 Å². The van der Waals surface area contributed by atoms with E-state index < -0.39 is 23.8 Å². The molecule has 1 saturated heterocycles. The van der Waals surface area contributed by atoms with Crippen LogP contribution in [0, 0.1) is 23.7 Å².